The van der Waals surface area contributed by atoms with Gasteiger partial charge in [0.25, 0.3) is 0 Å². The van der Waals surface area contributed by atoms with Gasteiger partial charge in [-0.3, -0.25) is 0 Å². The predicted octanol–water partition coefficient (Wildman–Crippen LogP) is 2.79. The van der Waals surface area contributed by atoms with E-state index in [2.05, 4.69) is 39.4 Å². The van der Waals surface area contributed by atoms with Crippen LogP contribution < -0.4 is 5.32 Å². The molecule has 0 saturated carbocycles. The summed E-state index contributed by atoms with van der Waals surface area (Å²) in [6, 6.07) is 3.71. The highest BCUT2D eigenvalue weighted by atomic mass is 16.5. The smallest absolute Gasteiger partial charge is 0.248 e. The third-order valence-electron chi connectivity index (χ3n) is 3.30. The first-order valence-electron chi connectivity index (χ1n) is 7.43. The number of nitrogens with zero attached hydrogens (tertiary/aromatic N) is 5. The summed E-state index contributed by atoms with van der Waals surface area (Å²) in [6.07, 6.45) is 2.54. The number of fused-ring (bicyclic) bond motifs is 1. The minimum Gasteiger partial charge on any atom is -0.358 e. The zero-order valence-corrected chi connectivity index (χ0v) is 13.2. The lowest BCUT2D eigenvalue weighted by Crippen LogP contribution is -2.11. The van der Waals surface area contributed by atoms with Gasteiger partial charge in [0.1, 0.15) is 11.9 Å². The number of anilines is 1. The average molecular weight is 300 g/mol. The first-order valence-corrected chi connectivity index (χ1v) is 7.43. The van der Waals surface area contributed by atoms with Crippen molar-refractivity contribution in [2.75, 3.05) is 5.32 Å². The second-order valence-electron chi connectivity index (χ2n) is 5.90. The summed E-state index contributed by atoms with van der Waals surface area (Å²) in [5, 5.41) is 11.7. The van der Waals surface area contributed by atoms with Gasteiger partial charge in [-0.05, 0) is 19.8 Å². The van der Waals surface area contributed by atoms with Gasteiger partial charge < -0.3 is 9.84 Å². The molecule has 7 heteroatoms. The van der Waals surface area contributed by atoms with Crippen molar-refractivity contribution < 1.29 is 4.52 Å². The van der Waals surface area contributed by atoms with Crippen LogP contribution in [0.2, 0.25) is 0 Å². The van der Waals surface area contributed by atoms with E-state index in [0.29, 0.717) is 11.8 Å². The Morgan fingerprint density at radius 3 is 2.86 bits per heavy atom. The van der Waals surface area contributed by atoms with Crippen molar-refractivity contribution in [2.45, 2.75) is 40.2 Å². The van der Waals surface area contributed by atoms with E-state index in [1.54, 1.807) is 10.7 Å². The van der Waals surface area contributed by atoms with Gasteiger partial charge >= 0.3 is 0 Å². The Kier molecular flexibility index (Phi) is 3.79. The molecule has 0 bridgehead atoms. The van der Waals surface area contributed by atoms with Gasteiger partial charge in [-0.2, -0.15) is 14.6 Å². The Morgan fingerprint density at radius 1 is 1.27 bits per heavy atom. The molecule has 0 aromatic carbocycles. The van der Waals surface area contributed by atoms with Gasteiger partial charge in [-0.25, -0.2) is 4.98 Å². The fourth-order valence-corrected chi connectivity index (χ4v) is 2.32. The normalized spacial score (nSPS) is 13.0. The minimum absolute atomic E-state index is 0.109. The average Bonchev–Trinajstić information content (AvgIpc) is 3.06. The van der Waals surface area contributed by atoms with Crippen LogP contribution >= 0.6 is 0 Å². The standard InChI is InChI=1S/C15H20N6O/c1-9(2)7-12-19-15(22-20-12)11(4)18-14-8-10(3)17-13-5-6-16-21(13)14/h5-6,8-9,11,18H,7H2,1-4H3/t11-/m0/s1. The fraction of sp³-hybridized carbons (Fsp3) is 0.467. The molecule has 0 radical (unpaired) electrons. The van der Waals surface area contributed by atoms with E-state index in [1.807, 2.05) is 26.0 Å². The largest absolute Gasteiger partial charge is 0.358 e. The van der Waals surface area contributed by atoms with E-state index in [9.17, 15) is 0 Å². The quantitative estimate of drug-likeness (QED) is 0.780. The van der Waals surface area contributed by atoms with Crippen molar-refractivity contribution in [3.8, 4) is 0 Å². The molecule has 0 fully saturated rings. The number of hydrogen-bond donors (Lipinski definition) is 1. The van der Waals surface area contributed by atoms with E-state index in [1.165, 1.54) is 0 Å². The van der Waals surface area contributed by atoms with Crippen LogP contribution in [0.15, 0.2) is 22.9 Å². The Hall–Kier alpha value is -2.44. The van der Waals surface area contributed by atoms with Gasteiger partial charge in [0.2, 0.25) is 5.89 Å². The number of nitrogens with one attached hydrogen (secondary N) is 1. The van der Waals surface area contributed by atoms with E-state index >= 15 is 0 Å². The SMILES string of the molecule is Cc1cc(N[C@@H](C)c2nc(CC(C)C)no2)n2nccc2n1. The Morgan fingerprint density at radius 2 is 2.09 bits per heavy atom. The van der Waals surface area contributed by atoms with Gasteiger partial charge in [0, 0.05) is 24.2 Å². The van der Waals surface area contributed by atoms with Gasteiger partial charge in [0.15, 0.2) is 11.5 Å². The first kappa shape index (κ1) is 14.5. The van der Waals surface area contributed by atoms with Crippen molar-refractivity contribution in [3.05, 3.63) is 35.7 Å². The summed E-state index contributed by atoms with van der Waals surface area (Å²) in [5.74, 6) is 2.67. The summed E-state index contributed by atoms with van der Waals surface area (Å²) in [7, 11) is 0. The predicted molar refractivity (Wildman–Crippen MR) is 82.6 cm³/mol. The fourth-order valence-electron chi connectivity index (χ4n) is 2.32. The van der Waals surface area contributed by atoms with Crippen LogP contribution in [0.25, 0.3) is 5.65 Å². The highest BCUT2D eigenvalue weighted by Crippen LogP contribution is 2.19. The molecule has 0 aliphatic carbocycles. The topological polar surface area (TPSA) is 81.1 Å². The van der Waals surface area contributed by atoms with E-state index in [-0.39, 0.29) is 6.04 Å². The Balaban J connectivity index is 1.82. The maximum atomic E-state index is 5.35. The van der Waals surface area contributed by atoms with Crippen molar-refractivity contribution in [1.82, 2.24) is 24.7 Å². The van der Waals surface area contributed by atoms with Crippen molar-refractivity contribution >= 4 is 11.5 Å². The molecule has 0 amide bonds. The van der Waals surface area contributed by atoms with Crippen LogP contribution in [0.3, 0.4) is 0 Å². The first-order chi connectivity index (χ1) is 10.5. The molecular weight excluding hydrogens is 280 g/mol. The highest BCUT2D eigenvalue weighted by Gasteiger charge is 2.16. The molecule has 0 unspecified atom stereocenters. The van der Waals surface area contributed by atoms with Crippen LogP contribution in [0.4, 0.5) is 5.82 Å². The van der Waals surface area contributed by atoms with Gasteiger partial charge in [0.05, 0.1) is 6.20 Å². The molecule has 22 heavy (non-hydrogen) atoms. The van der Waals surface area contributed by atoms with Crippen LogP contribution in [0.5, 0.6) is 0 Å². The molecule has 3 aromatic heterocycles. The zero-order chi connectivity index (χ0) is 15.7. The van der Waals surface area contributed by atoms with Crippen LogP contribution in [-0.2, 0) is 6.42 Å². The summed E-state index contributed by atoms with van der Waals surface area (Å²) >= 11 is 0. The monoisotopic (exact) mass is 300 g/mol. The molecule has 3 rings (SSSR count). The molecular formula is C15H20N6O. The van der Waals surface area contributed by atoms with E-state index in [4.69, 9.17) is 4.52 Å². The molecule has 116 valence electrons. The molecule has 3 aromatic rings. The summed E-state index contributed by atoms with van der Waals surface area (Å²) in [6.45, 7) is 8.20. The van der Waals surface area contributed by atoms with E-state index < -0.39 is 0 Å². The van der Waals surface area contributed by atoms with Crippen LogP contribution in [0.1, 0.15) is 44.2 Å². The number of rotatable bonds is 5. The number of aryl methyl sites for hydroxylation is 1. The lowest BCUT2D eigenvalue weighted by Gasteiger charge is -2.12. The maximum absolute atomic E-state index is 5.35. The summed E-state index contributed by atoms with van der Waals surface area (Å²) in [5.41, 5.74) is 1.73. The summed E-state index contributed by atoms with van der Waals surface area (Å²) in [4.78, 5) is 8.87. The second-order valence-corrected chi connectivity index (χ2v) is 5.90. The zero-order valence-electron chi connectivity index (χ0n) is 13.2. The van der Waals surface area contributed by atoms with Gasteiger partial charge in [-0.1, -0.05) is 19.0 Å². The molecule has 0 aliphatic heterocycles. The number of hydrogen-bond acceptors (Lipinski definition) is 6. The van der Waals surface area contributed by atoms with Crippen LogP contribution in [0, 0.1) is 12.8 Å². The lowest BCUT2D eigenvalue weighted by atomic mass is 10.1. The van der Waals surface area contributed by atoms with Crippen molar-refractivity contribution in [2.24, 2.45) is 5.92 Å². The lowest BCUT2D eigenvalue weighted by molar-refractivity contribution is 0.360. The third-order valence-corrected chi connectivity index (χ3v) is 3.30. The molecule has 1 atom stereocenters. The molecule has 7 nitrogen and oxygen atoms in total. The Labute approximate surface area is 128 Å². The van der Waals surface area contributed by atoms with E-state index in [0.717, 1.165) is 29.4 Å². The van der Waals surface area contributed by atoms with Crippen molar-refractivity contribution in [1.29, 1.82) is 0 Å². The molecule has 0 spiro atoms. The summed E-state index contributed by atoms with van der Waals surface area (Å²) < 4.78 is 7.11. The number of aromatic nitrogens is 5. The van der Waals surface area contributed by atoms with Gasteiger partial charge in [-0.15, -0.1) is 0 Å². The Bertz CT molecular complexity index is 775. The molecule has 0 aliphatic rings. The van der Waals surface area contributed by atoms with Crippen molar-refractivity contribution in [3.63, 3.8) is 0 Å². The highest BCUT2D eigenvalue weighted by molar-refractivity contribution is 5.49. The molecule has 3 heterocycles. The molecule has 0 saturated heterocycles. The second kappa shape index (κ2) is 5.75. The van der Waals surface area contributed by atoms with Crippen LogP contribution in [-0.4, -0.2) is 24.7 Å². The third kappa shape index (κ3) is 2.93. The minimum atomic E-state index is -0.109. The maximum Gasteiger partial charge on any atom is 0.248 e. The molecule has 1 N–H and O–H groups in total.